The van der Waals surface area contributed by atoms with Crippen molar-refractivity contribution in [2.24, 2.45) is 0 Å². The quantitative estimate of drug-likeness (QED) is 0.829. The predicted octanol–water partition coefficient (Wildman–Crippen LogP) is 0.963. The van der Waals surface area contributed by atoms with Crippen LogP contribution in [0.1, 0.15) is 31.5 Å². The van der Waals surface area contributed by atoms with Gasteiger partial charge in [-0.2, -0.15) is 17.4 Å². The zero-order valence-corrected chi connectivity index (χ0v) is 15.5. The first kappa shape index (κ1) is 18.1. The van der Waals surface area contributed by atoms with E-state index in [1.165, 1.54) is 9.87 Å². The molecular weight excluding hydrogens is 342 g/mol. The second kappa shape index (κ2) is 7.27. The summed E-state index contributed by atoms with van der Waals surface area (Å²) in [5.41, 5.74) is 2.32. The lowest BCUT2D eigenvalue weighted by Gasteiger charge is -2.34. The van der Waals surface area contributed by atoms with Crippen molar-refractivity contribution < 1.29 is 13.2 Å². The smallest absolute Gasteiger partial charge is 0.322 e. The van der Waals surface area contributed by atoms with Crippen LogP contribution < -0.4 is 10.0 Å². The van der Waals surface area contributed by atoms with Crippen LogP contribution in [-0.2, 0) is 23.1 Å². The molecule has 1 aromatic rings. The fourth-order valence-corrected chi connectivity index (χ4v) is 4.57. The van der Waals surface area contributed by atoms with Gasteiger partial charge in [0.2, 0.25) is 0 Å². The number of hydrogen-bond donors (Lipinski definition) is 2. The van der Waals surface area contributed by atoms with E-state index >= 15 is 0 Å². The van der Waals surface area contributed by atoms with Crippen molar-refractivity contribution in [3.8, 4) is 0 Å². The summed E-state index contributed by atoms with van der Waals surface area (Å²) in [6.45, 7) is 4.85. The van der Waals surface area contributed by atoms with Gasteiger partial charge in [0.1, 0.15) is 5.82 Å². The zero-order valence-electron chi connectivity index (χ0n) is 14.7. The van der Waals surface area contributed by atoms with Gasteiger partial charge in [-0.3, -0.25) is 5.32 Å². The Morgan fingerprint density at radius 3 is 2.56 bits per heavy atom. The van der Waals surface area contributed by atoms with Gasteiger partial charge in [0.15, 0.2) is 0 Å². The van der Waals surface area contributed by atoms with E-state index in [2.05, 4.69) is 15.0 Å². The minimum Gasteiger partial charge on any atom is -0.322 e. The second-order valence-electron chi connectivity index (χ2n) is 6.75. The summed E-state index contributed by atoms with van der Waals surface area (Å²) in [4.78, 5) is 18.5. The van der Waals surface area contributed by atoms with Gasteiger partial charge in [-0.05, 0) is 44.7 Å². The fourth-order valence-electron chi connectivity index (χ4n) is 3.18. The average Bonchev–Trinajstić information content (AvgIpc) is 3.01. The molecule has 0 unspecified atom stereocenters. The fraction of sp³-hybridized carbons (Fsp3) is 0.625. The summed E-state index contributed by atoms with van der Waals surface area (Å²) in [7, 11) is -3.48. The third-order valence-corrected chi connectivity index (χ3v) is 6.23. The van der Waals surface area contributed by atoms with Crippen molar-refractivity contribution >= 4 is 22.1 Å². The number of aromatic nitrogens is 1. The summed E-state index contributed by atoms with van der Waals surface area (Å²) in [6, 6.07) is 3.46. The van der Waals surface area contributed by atoms with Crippen molar-refractivity contribution in [1.82, 2.24) is 18.9 Å². The number of amides is 2. The van der Waals surface area contributed by atoms with E-state index in [4.69, 9.17) is 0 Å². The number of piperazine rings is 1. The summed E-state index contributed by atoms with van der Waals surface area (Å²) in [5.74, 6) is 0.558. The van der Waals surface area contributed by atoms with Gasteiger partial charge in [-0.1, -0.05) is 6.07 Å². The molecule has 0 spiro atoms. The van der Waals surface area contributed by atoms with Crippen LogP contribution in [0.15, 0.2) is 12.1 Å². The summed E-state index contributed by atoms with van der Waals surface area (Å²) < 4.78 is 28.3. The highest BCUT2D eigenvalue weighted by Gasteiger charge is 2.29. The molecule has 1 saturated heterocycles. The monoisotopic (exact) mass is 367 g/mol. The van der Waals surface area contributed by atoms with Crippen molar-refractivity contribution in [2.75, 3.05) is 31.5 Å². The molecule has 9 heteroatoms. The first-order valence-corrected chi connectivity index (χ1v) is 10.1. The lowest BCUT2D eigenvalue weighted by atomic mass is 10.2. The van der Waals surface area contributed by atoms with Crippen LogP contribution in [0.4, 0.5) is 10.6 Å². The van der Waals surface area contributed by atoms with E-state index < -0.39 is 10.2 Å². The molecule has 3 rings (SSSR count). The number of hydrogen-bond acceptors (Lipinski definition) is 4. The summed E-state index contributed by atoms with van der Waals surface area (Å²) in [6.07, 6.45) is 3.12. The Morgan fingerprint density at radius 2 is 1.88 bits per heavy atom. The standard InChI is InChI=1S/C16H25N5O3S/c1-12(2)19-25(23,24)21-10-8-20(9-11-21)16(22)18-15-7-6-13-4-3-5-14(13)17-15/h6-7,12,19H,3-5,8-11H2,1-2H3,(H,17,18,22). The van der Waals surface area contributed by atoms with Gasteiger partial charge >= 0.3 is 6.03 Å². The maximum Gasteiger partial charge on any atom is 0.323 e. The van der Waals surface area contributed by atoms with Gasteiger partial charge < -0.3 is 4.90 Å². The molecule has 0 atom stereocenters. The van der Waals surface area contributed by atoms with Gasteiger partial charge in [-0.15, -0.1) is 0 Å². The second-order valence-corrected chi connectivity index (χ2v) is 8.45. The number of urea groups is 1. The van der Waals surface area contributed by atoms with E-state index in [-0.39, 0.29) is 25.2 Å². The van der Waals surface area contributed by atoms with E-state index in [1.807, 2.05) is 12.1 Å². The largest absolute Gasteiger partial charge is 0.323 e. The first-order chi connectivity index (χ1) is 11.8. The Bertz CT molecular complexity index is 742. The Hall–Kier alpha value is -1.71. The van der Waals surface area contributed by atoms with Crippen molar-refractivity contribution in [2.45, 2.75) is 39.2 Å². The molecule has 0 radical (unpaired) electrons. The molecule has 2 heterocycles. The summed E-state index contributed by atoms with van der Waals surface area (Å²) >= 11 is 0. The number of fused-ring (bicyclic) bond motifs is 1. The Morgan fingerprint density at radius 1 is 1.16 bits per heavy atom. The van der Waals surface area contributed by atoms with Gasteiger partial charge in [0.25, 0.3) is 10.2 Å². The normalized spacial score (nSPS) is 18.4. The molecule has 138 valence electrons. The summed E-state index contributed by atoms with van der Waals surface area (Å²) in [5, 5.41) is 2.82. The molecule has 0 saturated carbocycles. The molecule has 1 aliphatic carbocycles. The Labute approximate surface area is 148 Å². The number of carbonyl (C=O) groups excluding carboxylic acids is 1. The van der Waals surface area contributed by atoms with Crippen molar-refractivity contribution in [3.63, 3.8) is 0 Å². The van der Waals surface area contributed by atoms with E-state index in [1.54, 1.807) is 18.7 Å². The highest BCUT2D eigenvalue weighted by atomic mass is 32.2. The number of carbonyl (C=O) groups is 1. The Balaban J connectivity index is 1.55. The predicted molar refractivity (Wildman–Crippen MR) is 95.6 cm³/mol. The highest BCUT2D eigenvalue weighted by molar-refractivity contribution is 7.87. The van der Waals surface area contributed by atoms with Crippen molar-refractivity contribution in [1.29, 1.82) is 0 Å². The van der Waals surface area contributed by atoms with Crippen LogP contribution >= 0.6 is 0 Å². The van der Waals surface area contributed by atoms with Gasteiger partial charge in [0.05, 0.1) is 0 Å². The molecule has 0 aromatic carbocycles. The lowest BCUT2D eigenvalue weighted by Crippen LogP contribution is -2.54. The minimum atomic E-state index is -3.48. The van der Waals surface area contributed by atoms with Crippen molar-refractivity contribution in [3.05, 3.63) is 23.4 Å². The SMILES string of the molecule is CC(C)NS(=O)(=O)N1CCN(C(=O)Nc2ccc3c(n2)CCC3)CC1. The third-order valence-electron chi connectivity index (χ3n) is 4.41. The van der Waals surface area contributed by atoms with Gasteiger partial charge in [0, 0.05) is 37.9 Å². The van der Waals surface area contributed by atoms with Crippen LogP contribution in [0.2, 0.25) is 0 Å². The van der Waals surface area contributed by atoms with E-state index in [0.717, 1.165) is 25.0 Å². The molecule has 1 aliphatic heterocycles. The van der Waals surface area contributed by atoms with E-state index in [9.17, 15) is 13.2 Å². The highest BCUT2D eigenvalue weighted by Crippen LogP contribution is 2.21. The maximum atomic E-state index is 12.4. The molecule has 2 aliphatic rings. The lowest BCUT2D eigenvalue weighted by molar-refractivity contribution is 0.183. The number of rotatable bonds is 4. The molecule has 2 amide bonds. The van der Waals surface area contributed by atoms with Gasteiger partial charge in [-0.25, -0.2) is 9.78 Å². The average molecular weight is 367 g/mol. The van der Waals surface area contributed by atoms with Crippen LogP contribution in [0.3, 0.4) is 0 Å². The number of pyridine rings is 1. The number of nitrogens with one attached hydrogen (secondary N) is 2. The molecule has 0 bridgehead atoms. The minimum absolute atomic E-state index is 0.155. The van der Waals surface area contributed by atoms with Crippen LogP contribution in [-0.4, -0.2) is 60.9 Å². The van der Waals surface area contributed by atoms with E-state index in [0.29, 0.717) is 18.9 Å². The molecule has 1 fully saturated rings. The molecule has 8 nitrogen and oxygen atoms in total. The molecule has 1 aromatic heterocycles. The number of nitrogens with zero attached hydrogens (tertiary/aromatic N) is 3. The Kier molecular flexibility index (Phi) is 5.26. The molecule has 25 heavy (non-hydrogen) atoms. The first-order valence-electron chi connectivity index (χ1n) is 8.67. The maximum absolute atomic E-state index is 12.4. The van der Waals surface area contributed by atoms with Crippen LogP contribution in [0.5, 0.6) is 0 Å². The number of anilines is 1. The van der Waals surface area contributed by atoms with Crippen LogP contribution in [0, 0.1) is 0 Å². The molecule has 2 N–H and O–H groups in total. The molecular formula is C16H25N5O3S. The topological polar surface area (TPSA) is 94.6 Å². The zero-order chi connectivity index (χ0) is 18.0. The van der Waals surface area contributed by atoms with Crippen LogP contribution in [0.25, 0.3) is 0 Å². The third kappa shape index (κ3) is 4.28. The number of aryl methyl sites for hydroxylation is 2.